The second kappa shape index (κ2) is 4.05. The molecule has 0 aromatic heterocycles. The lowest BCUT2D eigenvalue weighted by atomic mass is 10.2. The van der Waals surface area contributed by atoms with Crippen molar-refractivity contribution in [2.45, 2.75) is 37.8 Å². The van der Waals surface area contributed by atoms with E-state index in [1.807, 2.05) is 0 Å². The average Bonchev–Trinajstić information content (AvgIpc) is 2.70. The van der Waals surface area contributed by atoms with Gasteiger partial charge in [0.1, 0.15) is 6.10 Å². The Hall–Kier alpha value is -0.630. The molecule has 3 atom stereocenters. The molecule has 2 saturated heterocycles. The maximum absolute atomic E-state index is 8.46. The lowest BCUT2D eigenvalue weighted by Crippen LogP contribution is -2.26. The van der Waals surface area contributed by atoms with Gasteiger partial charge in [0.25, 0.3) is 0 Å². The highest BCUT2D eigenvalue weighted by Crippen LogP contribution is 2.24. The fraction of sp³-hybridized carbons (Fsp3) is 0.889. The molecule has 2 aliphatic heterocycles. The average molecular weight is 183 g/mol. The zero-order valence-corrected chi connectivity index (χ0v) is 7.44. The molecule has 0 saturated carbocycles. The van der Waals surface area contributed by atoms with Crippen molar-refractivity contribution in [2.75, 3.05) is 13.2 Å². The molecule has 0 spiro atoms. The van der Waals surface area contributed by atoms with E-state index in [0.717, 1.165) is 19.4 Å². The summed E-state index contributed by atoms with van der Waals surface area (Å²) in [5.41, 5.74) is 0. The standard InChI is InChI=1S/C9H13NO3/c10-4-3-7-6-12-9(13-7)8-2-1-5-11-8/h7-9H,1-3,5-6H2. The number of nitrogens with zero attached hydrogens (tertiary/aromatic N) is 1. The maximum atomic E-state index is 8.46. The van der Waals surface area contributed by atoms with Crippen LogP contribution in [0.5, 0.6) is 0 Å². The van der Waals surface area contributed by atoms with Crippen LogP contribution in [-0.2, 0) is 14.2 Å². The van der Waals surface area contributed by atoms with E-state index in [4.69, 9.17) is 19.5 Å². The maximum Gasteiger partial charge on any atom is 0.184 e. The Bertz CT molecular complexity index is 207. The number of rotatable bonds is 2. The summed E-state index contributed by atoms with van der Waals surface area (Å²) in [6, 6.07) is 2.07. The Morgan fingerprint density at radius 2 is 2.31 bits per heavy atom. The minimum Gasteiger partial charge on any atom is -0.373 e. The van der Waals surface area contributed by atoms with Gasteiger partial charge in [0.2, 0.25) is 0 Å². The summed E-state index contributed by atoms with van der Waals surface area (Å²) in [6.07, 6.45) is 2.29. The van der Waals surface area contributed by atoms with Gasteiger partial charge in [-0.15, -0.1) is 0 Å². The minimum absolute atomic E-state index is 0.0563. The third kappa shape index (κ3) is 1.99. The van der Waals surface area contributed by atoms with Crippen molar-refractivity contribution in [3.05, 3.63) is 0 Å². The van der Waals surface area contributed by atoms with Crippen LogP contribution in [0.1, 0.15) is 19.3 Å². The van der Waals surface area contributed by atoms with Crippen molar-refractivity contribution in [1.29, 1.82) is 5.26 Å². The second-order valence-corrected chi connectivity index (χ2v) is 3.37. The molecule has 4 nitrogen and oxygen atoms in total. The predicted octanol–water partition coefficient (Wildman–Crippen LogP) is 0.821. The van der Waals surface area contributed by atoms with E-state index < -0.39 is 0 Å². The second-order valence-electron chi connectivity index (χ2n) is 3.37. The molecule has 4 heteroatoms. The Labute approximate surface area is 77.4 Å². The van der Waals surface area contributed by atoms with Gasteiger partial charge >= 0.3 is 0 Å². The van der Waals surface area contributed by atoms with E-state index >= 15 is 0 Å². The zero-order chi connectivity index (χ0) is 9.10. The summed E-state index contributed by atoms with van der Waals surface area (Å²) >= 11 is 0. The van der Waals surface area contributed by atoms with E-state index in [-0.39, 0.29) is 18.5 Å². The normalized spacial score (nSPS) is 39.2. The summed E-state index contributed by atoms with van der Waals surface area (Å²) in [4.78, 5) is 0. The number of hydrogen-bond donors (Lipinski definition) is 0. The quantitative estimate of drug-likeness (QED) is 0.636. The van der Waals surface area contributed by atoms with Gasteiger partial charge in [0.05, 0.1) is 25.2 Å². The monoisotopic (exact) mass is 183 g/mol. The highest BCUT2D eigenvalue weighted by atomic mass is 16.7. The van der Waals surface area contributed by atoms with Gasteiger partial charge in [-0.25, -0.2) is 0 Å². The smallest absolute Gasteiger partial charge is 0.184 e. The van der Waals surface area contributed by atoms with Crippen LogP contribution in [0.4, 0.5) is 0 Å². The van der Waals surface area contributed by atoms with Gasteiger partial charge in [-0.3, -0.25) is 0 Å². The molecular weight excluding hydrogens is 170 g/mol. The molecule has 13 heavy (non-hydrogen) atoms. The number of ether oxygens (including phenoxy) is 3. The molecule has 0 amide bonds. The molecule has 0 N–H and O–H groups in total. The Balaban J connectivity index is 1.80. The van der Waals surface area contributed by atoms with Gasteiger partial charge in [0.15, 0.2) is 6.29 Å². The fourth-order valence-electron chi connectivity index (χ4n) is 1.69. The molecule has 2 rings (SSSR count). The van der Waals surface area contributed by atoms with Crippen molar-refractivity contribution < 1.29 is 14.2 Å². The number of hydrogen-bond acceptors (Lipinski definition) is 4. The first kappa shape index (κ1) is 8.95. The van der Waals surface area contributed by atoms with Crippen LogP contribution in [0.25, 0.3) is 0 Å². The Morgan fingerprint density at radius 3 is 3.00 bits per heavy atom. The Morgan fingerprint density at radius 1 is 1.38 bits per heavy atom. The molecule has 0 bridgehead atoms. The zero-order valence-electron chi connectivity index (χ0n) is 7.44. The molecule has 0 aromatic carbocycles. The molecule has 72 valence electrons. The van der Waals surface area contributed by atoms with Crippen molar-refractivity contribution in [3.8, 4) is 6.07 Å². The predicted molar refractivity (Wildman–Crippen MR) is 43.8 cm³/mol. The van der Waals surface area contributed by atoms with E-state index in [9.17, 15) is 0 Å². The first-order valence-corrected chi connectivity index (χ1v) is 4.66. The van der Waals surface area contributed by atoms with Crippen molar-refractivity contribution in [3.63, 3.8) is 0 Å². The van der Waals surface area contributed by atoms with Gasteiger partial charge < -0.3 is 14.2 Å². The Kier molecular flexibility index (Phi) is 2.79. The third-order valence-corrected chi connectivity index (χ3v) is 2.36. The molecule has 3 unspecified atom stereocenters. The van der Waals surface area contributed by atoms with E-state index in [1.54, 1.807) is 0 Å². The molecule has 0 aliphatic carbocycles. The van der Waals surface area contributed by atoms with Gasteiger partial charge in [-0.05, 0) is 12.8 Å². The summed E-state index contributed by atoms with van der Waals surface area (Å²) in [7, 11) is 0. The molecule has 2 fully saturated rings. The highest BCUT2D eigenvalue weighted by Gasteiger charge is 2.34. The fourth-order valence-corrected chi connectivity index (χ4v) is 1.69. The molecule has 0 aromatic rings. The minimum atomic E-state index is -0.235. The first-order valence-electron chi connectivity index (χ1n) is 4.66. The van der Waals surface area contributed by atoms with Crippen LogP contribution >= 0.6 is 0 Å². The van der Waals surface area contributed by atoms with Crippen LogP contribution in [0.2, 0.25) is 0 Å². The first-order chi connectivity index (χ1) is 6.40. The lowest BCUT2D eigenvalue weighted by Gasteiger charge is -2.16. The molecule has 2 aliphatic rings. The van der Waals surface area contributed by atoms with Crippen molar-refractivity contribution >= 4 is 0 Å². The van der Waals surface area contributed by atoms with Crippen LogP contribution in [0, 0.1) is 11.3 Å². The number of nitriles is 1. The van der Waals surface area contributed by atoms with Crippen LogP contribution in [0.3, 0.4) is 0 Å². The molecule has 0 radical (unpaired) electrons. The van der Waals surface area contributed by atoms with Crippen molar-refractivity contribution in [2.24, 2.45) is 0 Å². The summed E-state index contributed by atoms with van der Waals surface area (Å²) in [5, 5.41) is 8.46. The summed E-state index contributed by atoms with van der Waals surface area (Å²) in [6.45, 7) is 1.33. The topological polar surface area (TPSA) is 51.5 Å². The van der Waals surface area contributed by atoms with E-state index in [0.29, 0.717) is 13.0 Å². The summed E-state index contributed by atoms with van der Waals surface area (Å²) in [5.74, 6) is 0. The molecule has 2 heterocycles. The van der Waals surface area contributed by atoms with Crippen molar-refractivity contribution in [1.82, 2.24) is 0 Å². The van der Waals surface area contributed by atoms with Gasteiger partial charge in [0, 0.05) is 6.61 Å². The largest absolute Gasteiger partial charge is 0.373 e. The summed E-state index contributed by atoms with van der Waals surface area (Å²) < 4.78 is 16.4. The van der Waals surface area contributed by atoms with Gasteiger partial charge in [-0.1, -0.05) is 0 Å². The van der Waals surface area contributed by atoms with Crippen LogP contribution < -0.4 is 0 Å². The molecular formula is C9H13NO3. The van der Waals surface area contributed by atoms with E-state index in [2.05, 4.69) is 6.07 Å². The lowest BCUT2D eigenvalue weighted by molar-refractivity contribution is -0.134. The third-order valence-electron chi connectivity index (χ3n) is 2.36. The van der Waals surface area contributed by atoms with Gasteiger partial charge in [-0.2, -0.15) is 5.26 Å². The highest BCUT2D eigenvalue weighted by molar-refractivity contribution is 4.81. The van der Waals surface area contributed by atoms with E-state index in [1.165, 1.54) is 0 Å². The van der Waals surface area contributed by atoms with Crippen LogP contribution in [-0.4, -0.2) is 31.7 Å². The van der Waals surface area contributed by atoms with Crippen LogP contribution in [0.15, 0.2) is 0 Å². The SMILES string of the molecule is N#CCC1COC(C2CCCO2)O1.